The maximum absolute atomic E-state index is 14.0. The van der Waals surface area contributed by atoms with Gasteiger partial charge in [0.05, 0.1) is 11.3 Å². The number of amides is 1. The first kappa shape index (κ1) is 27.1. The van der Waals surface area contributed by atoms with Crippen molar-refractivity contribution in [2.24, 2.45) is 5.41 Å². The zero-order valence-corrected chi connectivity index (χ0v) is 20.4. The number of carbonyl (C=O) groups is 1. The molecule has 1 saturated carbocycles. The van der Waals surface area contributed by atoms with Crippen LogP contribution in [0.1, 0.15) is 81.2 Å². The van der Waals surface area contributed by atoms with E-state index in [0.717, 1.165) is 0 Å². The van der Waals surface area contributed by atoms with Gasteiger partial charge in [-0.1, -0.05) is 27.2 Å². The highest BCUT2D eigenvalue weighted by Crippen LogP contribution is 2.55. The fourth-order valence-electron chi connectivity index (χ4n) is 4.94. The Hall–Kier alpha value is -2.90. The molecule has 1 aliphatic carbocycles. The second-order valence-electron chi connectivity index (χ2n) is 10.6. The molecule has 4 rings (SSSR count). The number of fused-ring (bicyclic) bond motifs is 5. The monoisotopic (exact) mass is 535 g/mol. The number of aromatic nitrogens is 3. The minimum atomic E-state index is -5.18. The number of rotatable bonds is 1. The molecular weight excluding hydrogens is 508 g/mol. The van der Waals surface area contributed by atoms with Gasteiger partial charge >= 0.3 is 12.4 Å². The fourth-order valence-corrected chi connectivity index (χ4v) is 4.94. The first-order valence-electron chi connectivity index (χ1n) is 11.8. The molecule has 1 fully saturated rings. The highest BCUT2D eigenvalue weighted by molar-refractivity contribution is 5.96. The predicted molar refractivity (Wildman–Crippen MR) is 118 cm³/mol. The first-order chi connectivity index (χ1) is 16.9. The van der Waals surface area contributed by atoms with Crippen LogP contribution in [0.5, 0.6) is 0 Å². The molecule has 0 aromatic carbocycles. The first-order valence-corrected chi connectivity index (χ1v) is 11.8. The number of carbonyl (C=O) groups excluding carboxylic acids is 1. The Balaban J connectivity index is 1.94. The van der Waals surface area contributed by atoms with E-state index in [-0.39, 0.29) is 25.8 Å². The molecule has 2 aromatic heterocycles. The van der Waals surface area contributed by atoms with Crippen LogP contribution in [0.25, 0.3) is 11.6 Å². The maximum atomic E-state index is 14.0. The summed E-state index contributed by atoms with van der Waals surface area (Å²) in [5.74, 6) is -2.91. The number of anilines is 1. The Labute approximate surface area is 208 Å². The second-order valence-corrected chi connectivity index (χ2v) is 10.6. The van der Waals surface area contributed by atoms with Gasteiger partial charge in [0.25, 0.3) is 17.7 Å². The molecule has 8 nitrogen and oxygen atoms in total. The molecule has 2 aliphatic rings. The van der Waals surface area contributed by atoms with Crippen LogP contribution in [-0.2, 0) is 11.8 Å². The molecule has 1 atom stereocenters. The van der Waals surface area contributed by atoms with E-state index < -0.39 is 75.7 Å². The molecule has 0 unspecified atom stereocenters. The van der Waals surface area contributed by atoms with Gasteiger partial charge in [0.1, 0.15) is 5.69 Å². The van der Waals surface area contributed by atoms with E-state index in [1.54, 1.807) is 0 Å². The normalized spacial score (nSPS) is 23.1. The van der Waals surface area contributed by atoms with Crippen molar-refractivity contribution in [3.8, 4) is 11.6 Å². The molecule has 14 heteroatoms. The number of hydrogen-bond acceptors (Lipinski definition) is 7. The van der Waals surface area contributed by atoms with Crippen molar-refractivity contribution in [1.29, 1.82) is 0 Å². The lowest BCUT2D eigenvalue weighted by molar-refractivity contribution is -0.277. The topological polar surface area (TPSA) is 118 Å². The van der Waals surface area contributed by atoms with Gasteiger partial charge in [0.2, 0.25) is 5.60 Å². The summed E-state index contributed by atoms with van der Waals surface area (Å²) in [4.78, 5) is 18.9. The standard InChI is InChI=1S/C23H27F6N5O3/c1-19(2,3)20(8-9-20)34-10-6-4-5-7-21(36,23(27,28)29)18-33-32-16(37-18)15-13(30)11-12(22(24,25)26)14(31-15)17(34)35/h11,36H,4-10,30H2,1-3H3/t21-/m1/s1. The van der Waals surface area contributed by atoms with Gasteiger partial charge < -0.3 is 20.2 Å². The number of aliphatic hydroxyl groups is 1. The average Bonchev–Trinajstić information content (AvgIpc) is 3.43. The smallest absolute Gasteiger partial charge is 0.416 e. The lowest BCUT2D eigenvalue weighted by atomic mass is 9.82. The number of nitrogen functional groups attached to an aromatic ring is 1. The van der Waals surface area contributed by atoms with Crippen LogP contribution in [0.2, 0.25) is 0 Å². The molecular formula is C23H27F6N5O3. The van der Waals surface area contributed by atoms with Gasteiger partial charge in [0, 0.05) is 12.1 Å². The molecule has 0 spiro atoms. The summed E-state index contributed by atoms with van der Waals surface area (Å²) in [5, 5.41) is 17.3. The average molecular weight is 535 g/mol. The van der Waals surface area contributed by atoms with Crippen molar-refractivity contribution in [2.45, 2.75) is 82.8 Å². The van der Waals surface area contributed by atoms with Gasteiger partial charge in [-0.25, -0.2) is 4.98 Å². The number of halogens is 6. The molecule has 0 saturated heterocycles. The molecule has 3 N–H and O–H groups in total. The van der Waals surface area contributed by atoms with E-state index in [4.69, 9.17) is 10.2 Å². The molecule has 4 bridgehead atoms. The molecule has 2 aromatic rings. The Morgan fingerprint density at radius 1 is 1.00 bits per heavy atom. The van der Waals surface area contributed by atoms with Crippen LogP contribution in [0.3, 0.4) is 0 Å². The van der Waals surface area contributed by atoms with Gasteiger partial charge in [-0.2, -0.15) is 26.3 Å². The van der Waals surface area contributed by atoms with Gasteiger partial charge in [-0.05, 0) is 43.6 Å². The summed E-state index contributed by atoms with van der Waals surface area (Å²) in [6.07, 6.45) is -9.67. The maximum Gasteiger partial charge on any atom is 0.426 e. The molecule has 0 radical (unpaired) electrons. The second kappa shape index (κ2) is 8.57. The van der Waals surface area contributed by atoms with E-state index in [2.05, 4.69) is 15.2 Å². The Morgan fingerprint density at radius 3 is 2.19 bits per heavy atom. The fraction of sp³-hybridized carbons (Fsp3) is 0.652. The summed E-state index contributed by atoms with van der Waals surface area (Å²) >= 11 is 0. The van der Waals surface area contributed by atoms with Crippen LogP contribution in [0.15, 0.2) is 10.5 Å². The Bertz CT molecular complexity index is 1200. The number of pyridine rings is 1. The Kier molecular flexibility index (Phi) is 6.28. The molecule has 1 aliphatic heterocycles. The van der Waals surface area contributed by atoms with Crippen LogP contribution < -0.4 is 5.73 Å². The van der Waals surface area contributed by atoms with Crippen molar-refractivity contribution in [3.63, 3.8) is 0 Å². The van der Waals surface area contributed by atoms with Crippen molar-refractivity contribution in [2.75, 3.05) is 12.3 Å². The van der Waals surface area contributed by atoms with Crippen LogP contribution >= 0.6 is 0 Å². The lowest BCUT2D eigenvalue weighted by Gasteiger charge is -2.41. The summed E-state index contributed by atoms with van der Waals surface area (Å²) in [6, 6.07) is 0.482. The van der Waals surface area contributed by atoms with Crippen LogP contribution in [0.4, 0.5) is 32.0 Å². The zero-order chi connectivity index (χ0) is 27.6. The molecule has 1 amide bonds. The number of nitrogens with zero attached hydrogens (tertiary/aromatic N) is 4. The lowest BCUT2D eigenvalue weighted by Crippen LogP contribution is -2.50. The summed E-state index contributed by atoms with van der Waals surface area (Å²) in [5.41, 5.74) is -2.53. The van der Waals surface area contributed by atoms with E-state index in [1.165, 1.54) is 4.90 Å². The Morgan fingerprint density at radius 2 is 1.65 bits per heavy atom. The highest BCUT2D eigenvalue weighted by atomic mass is 19.4. The third kappa shape index (κ3) is 4.53. The molecule has 204 valence electrons. The highest BCUT2D eigenvalue weighted by Gasteiger charge is 2.60. The predicted octanol–water partition coefficient (Wildman–Crippen LogP) is 5.08. The number of nitrogens with two attached hydrogens (primary N) is 1. The van der Waals surface area contributed by atoms with Crippen molar-refractivity contribution >= 4 is 11.6 Å². The minimum Gasteiger partial charge on any atom is -0.416 e. The third-order valence-electron chi connectivity index (χ3n) is 7.31. The van der Waals surface area contributed by atoms with Crippen molar-refractivity contribution in [3.05, 3.63) is 23.2 Å². The summed E-state index contributed by atoms with van der Waals surface area (Å²) in [7, 11) is 0. The third-order valence-corrected chi connectivity index (χ3v) is 7.31. The summed E-state index contributed by atoms with van der Waals surface area (Å²) < 4.78 is 88.7. The van der Waals surface area contributed by atoms with Crippen molar-refractivity contribution in [1.82, 2.24) is 20.1 Å². The van der Waals surface area contributed by atoms with E-state index >= 15 is 0 Å². The quantitative estimate of drug-likeness (QED) is 0.489. The van der Waals surface area contributed by atoms with Crippen molar-refractivity contribution < 1.29 is 40.7 Å². The van der Waals surface area contributed by atoms with Crippen LogP contribution in [0, 0.1) is 5.41 Å². The molecule has 3 heterocycles. The minimum absolute atomic E-state index is 0.00235. The summed E-state index contributed by atoms with van der Waals surface area (Å²) in [6.45, 7) is 5.61. The van der Waals surface area contributed by atoms with E-state index in [0.29, 0.717) is 18.9 Å². The van der Waals surface area contributed by atoms with E-state index in [9.17, 15) is 36.2 Å². The SMILES string of the molecule is CC(C)(C)C1(N2CCCCC[C@](O)(C(F)(F)F)c3nnc(o3)-c3nc(c(C(F)(F)F)cc3N)C2=O)CC1. The van der Waals surface area contributed by atoms with Gasteiger partial charge in [0.15, 0.2) is 5.69 Å². The van der Waals surface area contributed by atoms with Gasteiger partial charge in [-0.3, -0.25) is 4.79 Å². The zero-order valence-electron chi connectivity index (χ0n) is 20.4. The number of alkyl halides is 6. The number of hydrogen-bond donors (Lipinski definition) is 2. The van der Waals surface area contributed by atoms with E-state index in [1.807, 2.05) is 20.8 Å². The van der Waals surface area contributed by atoms with Crippen LogP contribution in [-0.4, -0.2) is 49.4 Å². The largest absolute Gasteiger partial charge is 0.426 e. The van der Waals surface area contributed by atoms with Gasteiger partial charge in [-0.15, -0.1) is 10.2 Å². The molecule has 37 heavy (non-hydrogen) atoms.